The fraction of sp³-hybridized carbons (Fsp3) is 0.562. The zero-order valence-corrected chi connectivity index (χ0v) is 12.7. The number of likely N-dealkylation sites (tertiary alicyclic amines) is 1. The topological polar surface area (TPSA) is 64.2 Å². The summed E-state index contributed by atoms with van der Waals surface area (Å²) in [6.07, 6.45) is 8.24. The molecule has 2 aromatic rings. The van der Waals surface area contributed by atoms with Crippen LogP contribution in [0.15, 0.2) is 23.0 Å². The van der Waals surface area contributed by atoms with Gasteiger partial charge in [0.05, 0.1) is 12.2 Å². The van der Waals surface area contributed by atoms with Crippen LogP contribution in [-0.2, 0) is 0 Å². The molecule has 6 heteroatoms. The standard InChI is InChI=1S/C16H20N4O2/c1-11-8-17-20(9-11)13-3-2-6-19(10-13)16(21)14-7-15(22-18-14)12-4-5-12/h7-9,12-13H,2-6,10H2,1H3. The molecular formula is C16H20N4O2. The van der Waals surface area contributed by atoms with E-state index in [0.29, 0.717) is 18.2 Å². The average Bonchev–Trinajstić information content (AvgIpc) is 3.10. The number of hydrogen-bond acceptors (Lipinski definition) is 4. The molecule has 4 rings (SSSR count). The van der Waals surface area contributed by atoms with Gasteiger partial charge < -0.3 is 9.42 Å². The van der Waals surface area contributed by atoms with Gasteiger partial charge in [-0.05, 0) is 38.2 Å². The van der Waals surface area contributed by atoms with E-state index in [4.69, 9.17) is 4.52 Å². The van der Waals surface area contributed by atoms with Gasteiger partial charge in [-0.25, -0.2) is 0 Å². The van der Waals surface area contributed by atoms with Crippen LogP contribution in [0.2, 0.25) is 0 Å². The molecule has 0 radical (unpaired) electrons. The number of rotatable bonds is 3. The second-order valence-corrected chi connectivity index (χ2v) is 6.43. The Hall–Kier alpha value is -2.11. The Morgan fingerprint density at radius 1 is 1.36 bits per heavy atom. The highest BCUT2D eigenvalue weighted by Crippen LogP contribution is 2.40. The largest absolute Gasteiger partial charge is 0.360 e. The van der Waals surface area contributed by atoms with E-state index in [2.05, 4.69) is 10.3 Å². The second kappa shape index (κ2) is 5.26. The molecule has 0 spiro atoms. The van der Waals surface area contributed by atoms with Crippen molar-refractivity contribution in [3.63, 3.8) is 0 Å². The SMILES string of the molecule is Cc1cnn(C2CCCN(C(=O)c3cc(C4CC4)on3)C2)c1. The van der Waals surface area contributed by atoms with Crippen molar-refractivity contribution in [2.45, 2.75) is 44.6 Å². The first-order valence-corrected chi connectivity index (χ1v) is 7.97. The predicted molar refractivity (Wildman–Crippen MR) is 79.6 cm³/mol. The summed E-state index contributed by atoms with van der Waals surface area (Å²) in [5.74, 6) is 1.32. The van der Waals surface area contributed by atoms with Crippen molar-refractivity contribution < 1.29 is 9.32 Å². The van der Waals surface area contributed by atoms with Gasteiger partial charge in [0.1, 0.15) is 5.76 Å². The molecule has 1 unspecified atom stereocenters. The third-order valence-corrected chi connectivity index (χ3v) is 4.52. The lowest BCUT2D eigenvalue weighted by Crippen LogP contribution is -2.41. The third-order valence-electron chi connectivity index (χ3n) is 4.52. The van der Waals surface area contributed by atoms with Crippen molar-refractivity contribution in [3.8, 4) is 0 Å². The van der Waals surface area contributed by atoms with Crippen LogP contribution in [0.4, 0.5) is 0 Å². The number of nitrogens with zero attached hydrogens (tertiary/aromatic N) is 4. The highest BCUT2D eigenvalue weighted by molar-refractivity contribution is 5.92. The molecule has 0 bridgehead atoms. The van der Waals surface area contributed by atoms with E-state index < -0.39 is 0 Å². The number of carbonyl (C=O) groups excluding carboxylic acids is 1. The molecule has 1 aliphatic heterocycles. The number of aryl methyl sites for hydroxylation is 1. The van der Waals surface area contributed by atoms with E-state index in [1.54, 1.807) is 0 Å². The maximum atomic E-state index is 12.6. The smallest absolute Gasteiger partial charge is 0.276 e. The highest BCUT2D eigenvalue weighted by atomic mass is 16.5. The van der Waals surface area contributed by atoms with Crippen molar-refractivity contribution in [2.75, 3.05) is 13.1 Å². The first-order valence-electron chi connectivity index (χ1n) is 7.97. The molecule has 2 aromatic heterocycles. The molecule has 22 heavy (non-hydrogen) atoms. The Balaban J connectivity index is 1.47. The molecule has 1 atom stereocenters. The molecule has 0 aromatic carbocycles. The summed E-state index contributed by atoms with van der Waals surface area (Å²) < 4.78 is 7.28. The van der Waals surface area contributed by atoms with Crippen molar-refractivity contribution in [3.05, 3.63) is 35.5 Å². The quantitative estimate of drug-likeness (QED) is 0.873. The zero-order valence-electron chi connectivity index (χ0n) is 12.7. The second-order valence-electron chi connectivity index (χ2n) is 6.43. The van der Waals surface area contributed by atoms with E-state index in [0.717, 1.165) is 43.6 Å². The van der Waals surface area contributed by atoms with E-state index >= 15 is 0 Å². The number of piperidine rings is 1. The summed E-state index contributed by atoms with van der Waals surface area (Å²) in [4.78, 5) is 14.5. The summed E-state index contributed by atoms with van der Waals surface area (Å²) in [5.41, 5.74) is 1.59. The average molecular weight is 300 g/mol. The number of aromatic nitrogens is 3. The van der Waals surface area contributed by atoms with Gasteiger partial charge in [0.2, 0.25) is 0 Å². The van der Waals surface area contributed by atoms with Crippen molar-refractivity contribution >= 4 is 5.91 Å². The molecule has 3 heterocycles. The first-order chi connectivity index (χ1) is 10.7. The molecule has 2 fully saturated rings. The molecule has 1 amide bonds. The Labute approximate surface area is 129 Å². The Kier molecular flexibility index (Phi) is 3.24. The minimum atomic E-state index is -0.0239. The van der Waals surface area contributed by atoms with Gasteiger partial charge in [-0.1, -0.05) is 5.16 Å². The van der Waals surface area contributed by atoms with Crippen LogP contribution in [0.3, 0.4) is 0 Å². The fourth-order valence-electron chi connectivity index (χ4n) is 3.10. The van der Waals surface area contributed by atoms with Crippen LogP contribution in [0.25, 0.3) is 0 Å². The van der Waals surface area contributed by atoms with Gasteiger partial charge in [-0.15, -0.1) is 0 Å². The summed E-state index contributed by atoms with van der Waals surface area (Å²) in [7, 11) is 0. The lowest BCUT2D eigenvalue weighted by Gasteiger charge is -2.32. The fourth-order valence-corrected chi connectivity index (χ4v) is 3.10. The zero-order chi connectivity index (χ0) is 15.1. The maximum Gasteiger partial charge on any atom is 0.276 e. The molecule has 1 aliphatic carbocycles. The van der Waals surface area contributed by atoms with Gasteiger partial charge in [0.25, 0.3) is 5.91 Å². The molecule has 0 N–H and O–H groups in total. The molecule has 1 saturated heterocycles. The third kappa shape index (κ3) is 2.53. The van der Waals surface area contributed by atoms with Crippen LogP contribution in [0.1, 0.15) is 59.5 Å². The van der Waals surface area contributed by atoms with Gasteiger partial charge in [-0.2, -0.15) is 5.10 Å². The lowest BCUT2D eigenvalue weighted by atomic mass is 10.1. The summed E-state index contributed by atoms with van der Waals surface area (Å²) in [5, 5.41) is 8.35. The van der Waals surface area contributed by atoms with Crippen molar-refractivity contribution in [1.29, 1.82) is 0 Å². The van der Waals surface area contributed by atoms with E-state index in [9.17, 15) is 4.79 Å². The summed E-state index contributed by atoms with van der Waals surface area (Å²) >= 11 is 0. The normalized spacial score (nSPS) is 22.0. The maximum absolute atomic E-state index is 12.6. The summed E-state index contributed by atoms with van der Waals surface area (Å²) in [6.45, 7) is 3.50. The van der Waals surface area contributed by atoms with Gasteiger partial charge in [0, 0.05) is 31.3 Å². The Morgan fingerprint density at radius 3 is 2.95 bits per heavy atom. The molecule has 2 aliphatic rings. The van der Waals surface area contributed by atoms with Crippen LogP contribution < -0.4 is 0 Å². The van der Waals surface area contributed by atoms with Gasteiger partial charge >= 0.3 is 0 Å². The minimum Gasteiger partial charge on any atom is -0.360 e. The Morgan fingerprint density at radius 2 is 2.23 bits per heavy atom. The van der Waals surface area contributed by atoms with Crippen LogP contribution >= 0.6 is 0 Å². The van der Waals surface area contributed by atoms with Gasteiger partial charge in [0.15, 0.2) is 5.69 Å². The number of amides is 1. The molecule has 6 nitrogen and oxygen atoms in total. The monoisotopic (exact) mass is 300 g/mol. The van der Waals surface area contributed by atoms with Gasteiger partial charge in [-0.3, -0.25) is 9.48 Å². The number of carbonyl (C=O) groups is 1. The number of hydrogen-bond donors (Lipinski definition) is 0. The Bertz CT molecular complexity index is 686. The van der Waals surface area contributed by atoms with Crippen LogP contribution in [0.5, 0.6) is 0 Å². The lowest BCUT2D eigenvalue weighted by molar-refractivity contribution is 0.0662. The van der Waals surface area contributed by atoms with E-state index in [1.807, 2.05) is 35.0 Å². The first kappa shape index (κ1) is 13.5. The van der Waals surface area contributed by atoms with E-state index in [-0.39, 0.29) is 11.9 Å². The molecule has 116 valence electrons. The van der Waals surface area contributed by atoms with Crippen molar-refractivity contribution in [2.24, 2.45) is 0 Å². The highest BCUT2D eigenvalue weighted by Gasteiger charge is 2.31. The summed E-state index contributed by atoms with van der Waals surface area (Å²) in [6, 6.07) is 2.07. The predicted octanol–water partition coefficient (Wildman–Crippen LogP) is 2.53. The molecule has 1 saturated carbocycles. The molecular weight excluding hydrogens is 280 g/mol. The van der Waals surface area contributed by atoms with Crippen molar-refractivity contribution in [1.82, 2.24) is 19.8 Å². The van der Waals surface area contributed by atoms with E-state index in [1.165, 1.54) is 0 Å². The minimum absolute atomic E-state index is 0.0239. The van der Waals surface area contributed by atoms with Crippen LogP contribution in [0, 0.1) is 6.92 Å². The van der Waals surface area contributed by atoms with Crippen LogP contribution in [-0.4, -0.2) is 38.8 Å².